The van der Waals surface area contributed by atoms with E-state index >= 15 is 0 Å². The van der Waals surface area contributed by atoms with E-state index < -0.39 is 0 Å². The Hall–Kier alpha value is -7.42. The molecule has 2 nitrogen and oxygen atoms in total. The Kier molecular flexibility index (Phi) is 7.53. The number of hydrogen-bond acceptors (Lipinski definition) is 1. The monoisotopic (exact) mass is 712 g/mol. The minimum absolute atomic E-state index is 1.10. The van der Waals surface area contributed by atoms with Gasteiger partial charge in [-0.25, -0.2) is 0 Å². The van der Waals surface area contributed by atoms with E-state index in [1.54, 1.807) is 0 Å². The summed E-state index contributed by atoms with van der Waals surface area (Å²) >= 11 is 0. The van der Waals surface area contributed by atoms with E-state index in [-0.39, 0.29) is 0 Å². The van der Waals surface area contributed by atoms with Crippen molar-refractivity contribution in [3.63, 3.8) is 0 Å². The maximum absolute atomic E-state index is 2.44. The number of hydrogen-bond donors (Lipinski definition) is 0. The second kappa shape index (κ2) is 13.2. The highest BCUT2D eigenvalue weighted by molar-refractivity contribution is 6.14. The van der Waals surface area contributed by atoms with Gasteiger partial charge in [0.05, 0.1) is 16.7 Å². The number of rotatable bonds is 6. The van der Waals surface area contributed by atoms with Crippen molar-refractivity contribution in [2.75, 3.05) is 4.90 Å². The third-order valence-electron chi connectivity index (χ3n) is 11.3. The molecule has 0 aliphatic rings. The Morgan fingerprint density at radius 3 is 1.62 bits per heavy atom. The maximum Gasteiger partial charge on any atom is 0.0547 e. The van der Waals surface area contributed by atoms with Crippen molar-refractivity contribution in [2.45, 2.75) is 0 Å². The zero-order valence-corrected chi connectivity index (χ0v) is 30.7. The van der Waals surface area contributed by atoms with Crippen LogP contribution in [-0.4, -0.2) is 4.57 Å². The maximum atomic E-state index is 2.44. The standard InChI is InChI=1S/C54H36N2/c1-2-12-37(13-3-1)38-24-28-44(29-25-38)55(46-32-33-48-43(34-46)23-22-39-14-6-7-17-47(39)48)45-30-26-40(27-31-45)49-18-8-10-20-52(49)56-53-21-11-9-19-50(53)51-35-41-15-4-5-16-42(41)36-54(51)56/h1-36H. The number of anilines is 3. The van der Waals surface area contributed by atoms with Gasteiger partial charge in [-0.3, -0.25) is 0 Å². The molecule has 0 N–H and O–H groups in total. The van der Waals surface area contributed by atoms with Crippen molar-refractivity contribution in [1.29, 1.82) is 0 Å². The van der Waals surface area contributed by atoms with E-state index in [0.29, 0.717) is 0 Å². The lowest BCUT2D eigenvalue weighted by molar-refractivity contribution is 1.18. The molecule has 56 heavy (non-hydrogen) atoms. The highest BCUT2D eigenvalue weighted by Gasteiger charge is 2.18. The Morgan fingerprint density at radius 2 is 0.839 bits per heavy atom. The lowest BCUT2D eigenvalue weighted by Crippen LogP contribution is -2.10. The quantitative estimate of drug-likeness (QED) is 0.156. The highest BCUT2D eigenvalue weighted by Crippen LogP contribution is 2.41. The van der Waals surface area contributed by atoms with Crippen molar-refractivity contribution < 1.29 is 0 Å². The number of benzene rings is 10. The molecule has 0 atom stereocenters. The third kappa shape index (κ3) is 5.34. The molecular weight excluding hydrogens is 677 g/mol. The molecule has 0 unspecified atom stereocenters. The first-order valence-corrected chi connectivity index (χ1v) is 19.3. The minimum Gasteiger partial charge on any atom is -0.310 e. The summed E-state index contributed by atoms with van der Waals surface area (Å²) < 4.78 is 2.44. The van der Waals surface area contributed by atoms with E-state index in [4.69, 9.17) is 0 Å². The topological polar surface area (TPSA) is 8.17 Å². The third-order valence-corrected chi connectivity index (χ3v) is 11.3. The van der Waals surface area contributed by atoms with Gasteiger partial charge in [0.15, 0.2) is 0 Å². The largest absolute Gasteiger partial charge is 0.310 e. The second-order valence-corrected chi connectivity index (χ2v) is 14.6. The van der Waals surface area contributed by atoms with E-state index in [2.05, 4.69) is 228 Å². The van der Waals surface area contributed by atoms with E-state index in [1.807, 2.05) is 0 Å². The molecule has 0 fully saturated rings. The van der Waals surface area contributed by atoms with Crippen LogP contribution in [0.5, 0.6) is 0 Å². The van der Waals surface area contributed by atoms with E-state index in [9.17, 15) is 0 Å². The number of aromatic nitrogens is 1. The van der Waals surface area contributed by atoms with Gasteiger partial charge in [0, 0.05) is 33.4 Å². The Labute approximate surface area is 325 Å². The molecule has 262 valence electrons. The molecule has 0 bridgehead atoms. The SMILES string of the molecule is c1ccc(-c2ccc(N(c3ccc(-c4ccccc4-n4c5ccccc5c5cc6ccccc6cc54)cc3)c3ccc4c(ccc5ccccc54)c3)cc2)cc1. The van der Waals surface area contributed by atoms with Gasteiger partial charge in [-0.2, -0.15) is 0 Å². The summed E-state index contributed by atoms with van der Waals surface area (Å²) in [5.41, 5.74) is 11.7. The fraction of sp³-hybridized carbons (Fsp3) is 0. The zero-order valence-electron chi connectivity index (χ0n) is 30.7. The molecule has 11 rings (SSSR count). The first kappa shape index (κ1) is 32.0. The van der Waals surface area contributed by atoms with Crippen LogP contribution in [0, 0.1) is 0 Å². The summed E-state index contributed by atoms with van der Waals surface area (Å²) in [4.78, 5) is 2.37. The van der Waals surface area contributed by atoms with Gasteiger partial charge < -0.3 is 9.47 Å². The Bertz CT molecular complexity index is 3230. The van der Waals surface area contributed by atoms with Crippen molar-refractivity contribution in [2.24, 2.45) is 0 Å². The molecular formula is C54H36N2. The van der Waals surface area contributed by atoms with Gasteiger partial charge in [-0.15, -0.1) is 0 Å². The molecule has 2 heteroatoms. The van der Waals surface area contributed by atoms with Gasteiger partial charge in [0.25, 0.3) is 0 Å². The van der Waals surface area contributed by atoms with Gasteiger partial charge in [-0.1, -0.05) is 158 Å². The summed E-state index contributed by atoms with van der Waals surface area (Å²) in [5, 5.41) is 10.0. The van der Waals surface area contributed by atoms with Crippen LogP contribution in [0.3, 0.4) is 0 Å². The van der Waals surface area contributed by atoms with E-state index in [1.165, 1.54) is 76.4 Å². The normalized spacial score (nSPS) is 11.6. The van der Waals surface area contributed by atoms with Crippen molar-refractivity contribution in [3.8, 4) is 27.9 Å². The number of para-hydroxylation sites is 2. The Morgan fingerprint density at radius 1 is 0.286 bits per heavy atom. The predicted molar refractivity (Wildman–Crippen MR) is 239 cm³/mol. The fourth-order valence-electron chi connectivity index (χ4n) is 8.64. The molecule has 0 radical (unpaired) electrons. The summed E-state index contributed by atoms with van der Waals surface area (Å²) in [5.74, 6) is 0. The van der Waals surface area contributed by atoms with Gasteiger partial charge in [-0.05, 0) is 110 Å². The lowest BCUT2D eigenvalue weighted by atomic mass is 10.00. The van der Waals surface area contributed by atoms with Crippen molar-refractivity contribution in [3.05, 3.63) is 218 Å². The minimum atomic E-state index is 1.10. The molecule has 0 aliphatic heterocycles. The summed E-state index contributed by atoms with van der Waals surface area (Å²) in [6.07, 6.45) is 0. The average Bonchev–Trinajstić information content (AvgIpc) is 3.59. The van der Waals surface area contributed by atoms with Gasteiger partial charge in [0.2, 0.25) is 0 Å². The molecule has 0 saturated heterocycles. The Balaban J connectivity index is 1.04. The van der Waals surface area contributed by atoms with Crippen LogP contribution >= 0.6 is 0 Å². The summed E-state index contributed by atoms with van der Waals surface area (Å²) in [6.45, 7) is 0. The molecule has 0 saturated carbocycles. The van der Waals surface area contributed by atoms with E-state index in [0.717, 1.165) is 22.7 Å². The number of fused-ring (bicyclic) bond motifs is 7. The average molecular weight is 713 g/mol. The molecule has 0 spiro atoms. The molecule has 0 amide bonds. The van der Waals surface area contributed by atoms with Crippen LogP contribution in [0.1, 0.15) is 0 Å². The molecule has 1 heterocycles. The van der Waals surface area contributed by atoms with Crippen molar-refractivity contribution >= 4 is 71.2 Å². The molecule has 11 aromatic rings. The number of nitrogens with zero attached hydrogens (tertiary/aromatic N) is 2. The lowest BCUT2D eigenvalue weighted by Gasteiger charge is -2.26. The fourth-order valence-corrected chi connectivity index (χ4v) is 8.64. The summed E-state index contributed by atoms with van der Waals surface area (Å²) in [7, 11) is 0. The highest BCUT2D eigenvalue weighted by atomic mass is 15.1. The van der Waals surface area contributed by atoms with Crippen LogP contribution in [0.15, 0.2) is 218 Å². The molecule has 10 aromatic carbocycles. The van der Waals surface area contributed by atoms with Crippen LogP contribution in [-0.2, 0) is 0 Å². The van der Waals surface area contributed by atoms with Crippen molar-refractivity contribution in [1.82, 2.24) is 4.57 Å². The first-order chi connectivity index (χ1) is 27.8. The van der Waals surface area contributed by atoms with Crippen LogP contribution in [0.25, 0.3) is 82.1 Å². The molecule has 1 aromatic heterocycles. The summed E-state index contributed by atoms with van der Waals surface area (Å²) in [6, 6.07) is 79.5. The van der Waals surface area contributed by atoms with Crippen LogP contribution in [0.2, 0.25) is 0 Å². The smallest absolute Gasteiger partial charge is 0.0547 e. The van der Waals surface area contributed by atoms with Gasteiger partial charge >= 0.3 is 0 Å². The zero-order chi connectivity index (χ0) is 37.0. The van der Waals surface area contributed by atoms with Gasteiger partial charge in [0.1, 0.15) is 0 Å². The van der Waals surface area contributed by atoms with Crippen LogP contribution in [0.4, 0.5) is 17.1 Å². The predicted octanol–water partition coefficient (Wildman–Crippen LogP) is 15.0. The first-order valence-electron chi connectivity index (χ1n) is 19.3. The van der Waals surface area contributed by atoms with Crippen LogP contribution < -0.4 is 4.90 Å². The second-order valence-electron chi connectivity index (χ2n) is 14.6. The molecule has 0 aliphatic carbocycles.